The van der Waals surface area contributed by atoms with E-state index in [2.05, 4.69) is 17.1 Å². The van der Waals surface area contributed by atoms with Gasteiger partial charge in [0.25, 0.3) is 0 Å². The molecular formula is C14H28N2O. The molecule has 0 spiro atoms. The summed E-state index contributed by atoms with van der Waals surface area (Å²) in [6, 6.07) is 0. The third-order valence-corrected chi connectivity index (χ3v) is 4.16. The summed E-state index contributed by atoms with van der Waals surface area (Å²) in [6.45, 7) is 9.36. The van der Waals surface area contributed by atoms with Gasteiger partial charge in [-0.1, -0.05) is 13.3 Å². The molecule has 3 nitrogen and oxygen atoms in total. The summed E-state index contributed by atoms with van der Waals surface area (Å²) in [5.74, 6) is 0.740. The van der Waals surface area contributed by atoms with Crippen LogP contribution >= 0.6 is 0 Å². The van der Waals surface area contributed by atoms with Crippen molar-refractivity contribution in [1.29, 1.82) is 0 Å². The smallest absolute Gasteiger partial charge is 0.0725 e. The average Bonchev–Trinajstić information content (AvgIpc) is 2.76. The van der Waals surface area contributed by atoms with Crippen LogP contribution in [0.15, 0.2) is 0 Å². The maximum atomic E-state index is 5.69. The standard InChI is InChI=1S/C14H28N2O/c1-13-6-11-17-14(13)12-15-7-5-10-16-8-3-2-4-9-16/h13-15H,2-12H2,1H3. The highest BCUT2D eigenvalue weighted by Gasteiger charge is 2.23. The van der Waals surface area contributed by atoms with E-state index in [4.69, 9.17) is 4.74 Å². The fraction of sp³-hybridized carbons (Fsp3) is 1.00. The van der Waals surface area contributed by atoms with Crippen molar-refractivity contribution in [2.75, 3.05) is 39.3 Å². The number of rotatable bonds is 6. The molecular weight excluding hydrogens is 212 g/mol. The van der Waals surface area contributed by atoms with Gasteiger partial charge < -0.3 is 15.0 Å². The van der Waals surface area contributed by atoms with Crippen LogP contribution in [0.4, 0.5) is 0 Å². The van der Waals surface area contributed by atoms with Gasteiger partial charge >= 0.3 is 0 Å². The summed E-state index contributed by atoms with van der Waals surface area (Å²) in [4.78, 5) is 2.61. The Morgan fingerprint density at radius 3 is 2.76 bits per heavy atom. The highest BCUT2D eigenvalue weighted by molar-refractivity contribution is 4.74. The van der Waals surface area contributed by atoms with E-state index >= 15 is 0 Å². The molecule has 2 atom stereocenters. The Hall–Kier alpha value is -0.120. The van der Waals surface area contributed by atoms with Gasteiger partial charge in [-0.15, -0.1) is 0 Å². The van der Waals surface area contributed by atoms with Gasteiger partial charge in [0, 0.05) is 13.2 Å². The van der Waals surface area contributed by atoms with Gasteiger partial charge in [-0.2, -0.15) is 0 Å². The van der Waals surface area contributed by atoms with E-state index in [9.17, 15) is 0 Å². The highest BCUT2D eigenvalue weighted by Crippen LogP contribution is 2.18. The fourth-order valence-corrected chi connectivity index (χ4v) is 2.87. The summed E-state index contributed by atoms with van der Waals surface area (Å²) < 4.78 is 5.69. The van der Waals surface area contributed by atoms with Crippen molar-refractivity contribution in [3.05, 3.63) is 0 Å². The first-order valence-electron chi connectivity index (χ1n) is 7.41. The van der Waals surface area contributed by atoms with Crippen LogP contribution in [0.1, 0.15) is 39.0 Å². The Balaban J connectivity index is 1.45. The molecule has 2 rings (SSSR count). The fourth-order valence-electron chi connectivity index (χ4n) is 2.87. The summed E-state index contributed by atoms with van der Waals surface area (Å²) in [5, 5.41) is 3.55. The van der Waals surface area contributed by atoms with E-state index in [0.717, 1.165) is 25.6 Å². The summed E-state index contributed by atoms with van der Waals surface area (Å²) >= 11 is 0. The minimum absolute atomic E-state index is 0.463. The van der Waals surface area contributed by atoms with Crippen molar-refractivity contribution in [2.45, 2.75) is 45.1 Å². The molecule has 2 heterocycles. The Morgan fingerprint density at radius 2 is 2.06 bits per heavy atom. The lowest BCUT2D eigenvalue weighted by atomic mass is 10.0. The topological polar surface area (TPSA) is 24.5 Å². The minimum atomic E-state index is 0.463. The lowest BCUT2D eigenvalue weighted by Gasteiger charge is -2.26. The number of ether oxygens (including phenoxy) is 1. The molecule has 1 N–H and O–H groups in total. The number of nitrogens with zero attached hydrogens (tertiary/aromatic N) is 1. The largest absolute Gasteiger partial charge is 0.377 e. The van der Waals surface area contributed by atoms with E-state index in [1.807, 2.05) is 0 Å². The van der Waals surface area contributed by atoms with Crippen molar-refractivity contribution in [3.8, 4) is 0 Å². The van der Waals surface area contributed by atoms with Crippen LogP contribution in [0.25, 0.3) is 0 Å². The van der Waals surface area contributed by atoms with Gasteiger partial charge in [0.2, 0.25) is 0 Å². The van der Waals surface area contributed by atoms with Gasteiger partial charge in [0.05, 0.1) is 6.10 Å². The van der Waals surface area contributed by atoms with Crippen molar-refractivity contribution in [2.24, 2.45) is 5.92 Å². The molecule has 2 unspecified atom stereocenters. The zero-order valence-electron chi connectivity index (χ0n) is 11.3. The monoisotopic (exact) mass is 240 g/mol. The zero-order chi connectivity index (χ0) is 11.9. The van der Waals surface area contributed by atoms with E-state index < -0.39 is 0 Å². The molecule has 0 aromatic carbocycles. The third-order valence-electron chi connectivity index (χ3n) is 4.16. The lowest BCUT2D eigenvalue weighted by molar-refractivity contribution is 0.0931. The maximum Gasteiger partial charge on any atom is 0.0725 e. The van der Waals surface area contributed by atoms with Crippen molar-refractivity contribution >= 4 is 0 Å². The molecule has 2 aliphatic heterocycles. The normalized spacial score (nSPS) is 30.9. The predicted octanol–water partition coefficient (Wildman–Crippen LogP) is 1.88. The molecule has 0 bridgehead atoms. The Bertz CT molecular complexity index is 204. The first kappa shape index (κ1) is 13.3. The molecule has 0 saturated carbocycles. The second kappa shape index (κ2) is 7.34. The second-order valence-corrected chi connectivity index (χ2v) is 5.64. The van der Waals surface area contributed by atoms with Crippen LogP contribution < -0.4 is 5.32 Å². The van der Waals surface area contributed by atoms with Gasteiger partial charge in [0.1, 0.15) is 0 Å². The SMILES string of the molecule is CC1CCOC1CNCCCN1CCCCC1. The first-order valence-corrected chi connectivity index (χ1v) is 7.41. The third kappa shape index (κ3) is 4.57. The number of hydrogen-bond acceptors (Lipinski definition) is 3. The van der Waals surface area contributed by atoms with Crippen LogP contribution in [-0.4, -0.2) is 50.3 Å². The molecule has 2 fully saturated rings. The zero-order valence-corrected chi connectivity index (χ0v) is 11.3. The predicted molar refractivity (Wildman–Crippen MR) is 71.3 cm³/mol. The minimum Gasteiger partial charge on any atom is -0.377 e. The van der Waals surface area contributed by atoms with Crippen molar-refractivity contribution in [1.82, 2.24) is 10.2 Å². The molecule has 0 aromatic rings. The maximum absolute atomic E-state index is 5.69. The van der Waals surface area contributed by atoms with Crippen molar-refractivity contribution in [3.63, 3.8) is 0 Å². The number of nitrogens with one attached hydrogen (secondary N) is 1. The summed E-state index contributed by atoms with van der Waals surface area (Å²) in [6.07, 6.45) is 7.22. The lowest BCUT2D eigenvalue weighted by Crippen LogP contribution is -2.34. The molecule has 0 aromatic heterocycles. The molecule has 17 heavy (non-hydrogen) atoms. The number of hydrogen-bond donors (Lipinski definition) is 1. The van der Waals surface area contributed by atoms with Crippen molar-refractivity contribution < 1.29 is 4.74 Å². The van der Waals surface area contributed by atoms with Crippen LogP contribution in [0, 0.1) is 5.92 Å². The van der Waals surface area contributed by atoms with Crippen LogP contribution in [0.2, 0.25) is 0 Å². The van der Waals surface area contributed by atoms with Crippen LogP contribution in [0.3, 0.4) is 0 Å². The van der Waals surface area contributed by atoms with E-state index in [1.54, 1.807) is 0 Å². The Kier molecular flexibility index (Phi) is 5.75. The number of likely N-dealkylation sites (tertiary alicyclic amines) is 1. The molecule has 2 saturated heterocycles. The van der Waals surface area contributed by atoms with Gasteiger partial charge in [-0.25, -0.2) is 0 Å². The molecule has 0 aliphatic carbocycles. The van der Waals surface area contributed by atoms with Crippen LogP contribution in [-0.2, 0) is 4.74 Å². The first-order chi connectivity index (χ1) is 8.36. The molecule has 0 radical (unpaired) electrons. The average molecular weight is 240 g/mol. The second-order valence-electron chi connectivity index (χ2n) is 5.64. The Labute approximate surface area is 106 Å². The molecule has 0 amide bonds. The molecule has 3 heteroatoms. The summed E-state index contributed by atoms with van der Waals surface area (Å²) in [7, 11) is 0. The van der Waals surface area contributed by atoms with E-state index in [0.29, 0.717) is 6.10 Å². The molecule has 2 aliphatic rings. The molecule has 100 valence electrons. The van der Waals surface area contributed by atoms with Gasteiger partial charge in [-0.05, 0) is 57.8 Å². The van der Waals surface area contributed by atoms with Gasteiger partial charge in [-0.3, -0.25) is 0 Å². The van der Waals surface area contributed by atoms with Gasteiger partial charge in [0.15, 0.2) is 0 Å². The van der Waals surface area contributed by atoms with E-state index in [-0.39, 0.29) is 0 Å². The van der Waals surface area contributed by atoms with Crippen LogP contribution in [0.5, 0.6) is 0 Å². The van der Waals surface area contributed by atoms with E-state index in [1.165, 1.54) is 51.7 Å². The highest BCUT2D eigenvalue weighted by atomic mass is 16.5. The number of piperidine rings is 1. The Morgan fingerprint density at radius 1 is 1.24 bits per heavy atom. The quantitative estimate of drug-likeness (QED) is 0.717. The summed E-state index contributed by atoms with van der Waals surface area (Å²) in [5.41, 5.74) is 0.